The van der Waals surface area contributed by atoms with Crippen LogP contribution in [0.2, 0.25) is 5.15 Å². The van der Waals surface area contributed by atoms with Gasteiger partial charge in [-0.05, 0) is 13.2 Å². The Morgan fingerprint density at radius 2 is 2.40 bits per heavy atom. The zero-order valence-electron chi connectivity index (χ0n) is 8.53. The minimum atomic E-state index is 0.179. The van der Waals surface area contributed by atoms with Gasteiger partial charge in [-0.15, -0.1) is 0 Å². The predicted molar refractivity (Wildman–Crippen MR) is 63.9 cm³/mol. The van der Waals surface area contributed by atoms with Crippen LogP contribution in [0, 0.1) is 0 Å². The van der Waals surface area contributed by atoms with Crippen molar-refractivity contribution in [2.45, 2.75) is 13.0 Å². The molecule has 0 fully saturated rings. The Balaban J connectivity index is 2.84. The lowest BCUT2D eigenvalue weighted by atomic mass is 10.3. The smallest absolute Gasteiger partial charge is 0.156 e. The topological polar surface area (TPSA) is 54.9 Å². The molecule has 6 heteroatoms. The molecule has 0 aliphatic carbocycles. The summed E-state index contributed by atoms with van der Waals surface area (Å²) in [4.78, 5) is 18.5. The Morgan fingerprint density at radius 3 is 3.00 bits per heavy atom. The molecular weight excluding hydrogens is 234 g/mol. The number of carbonyl (C=O) groups is 1. The number of rotatable bonds is 5. The Hall–Kier alpha value is -0.810. The molecule has 1 heterocycles. The Labute approximate surface area is 97.8 Å². The van der Waals surface area contributed by atoms with Crippen molar-refractivity contribution in [2.75, 3.05) is 17.3 Å². The number of hydrogen-bond acceptors (Lipinski definition) is 5. The predicted octanol–water partition coefficient (Wildman–Crippen LogP) is 2.11. The molecule has 1 N–H and O–H groups in total. The highest BCUT2D eigenvalue weighted by Gasteiger charge is 2.10. The molecule has 0 aliphatic rings. The first-order chi connectivity index (χ1) is 7.19. The summed E-state index contributed by atoms with van der Waals surface area (Å²) in [5, 5.41) is 3.30. The molecule has 15 heavy (non-hydrogen) atoms. The normalized spacial score (nSPS) is 12.2. The Morgan fingerprint density at radius 1 is 1.67 bits per heavy atom. The van der Waals surface area contributed by atoms with Crippen LogP contribution in [0.4, 0.5) is 5.82 Å². The van der Waals surface area contributed by atoms with E-state index in [4.69, 9.17) is 11.6 Å². The van der Waals surface area contributed by atoms with Crippen LogP contribution in [0.1, 0.15) is 17.3 Å². The lowest BCUT2D eigenvalue weighted by Crippen LogP contribution is -2.19. The average molecular weight is 246 g/mol. The summed E-state index contributed by atoms with van der Waals surface area (Å²) in [6.07, 6.45) is 4.02. The number of halogens is 1. The summed E-state index contributed by atoms with van der Waals surface area (Å²) in [6.45, 7) is 2.01. The number of anilines is 1. The second kappa shape index (κ2) is 5.92. The fourth-order valence-corrected chi connectivity index (χ4v) is 1.88. The fourth-order valence-electron chi connectivity index (χ4n) is 1.12. The standard InChI is InChI=1S/C9H12ClN3OS/c1-6(4-15-2)13-9-7(3-14)8(10)11-5-12-9/h3,5-6H,4H2,1-2H3,(H,11,12,13). The minimum Gasteiger partial charge on any atom is -0.366 e. The number of thioether (sulfide) groups is 1. The first-order valence-corrected chi connectivity index (χ1v) is 6.17. The molecule has 1 unspecified atom stereocenters. The highest BCUT2D eigenvalue weighted by atomic mass is 35.5. The van der Waals surface area contributed by atoms with Gasteiger partial charge in [-0.3, -0.25) is 4.79 Å². The van der Waals surface area contributed by atoms with Gasteiger partial charge in [-0.25, -0.2) is 9.97 Å². The molecule has 1 aromatic rings. The van der Waals surface area contributed by atoms with Crippen molar-refractivity contribution < 1.29 is 4.79 Å². The zero-order chi connectivity index (χ0) is 11.3. The molecule has 1 aromatic heterocycles. The van der Waals surface area contributed by atoms with E-state index in [1.807, 2.05) is 13.2 Å². The van der Waals surface area contributed by atoms with E-state index >= 15 is 0 Å². The summed E-state index contributed by atoms with van der Waals surface area (Å²) in [6, 6.07) is 0.227. The van der Waals surface area contributed by atoms with E-state index in [1.165, 1.54) is 6.33 Å². The van der Waals surface area contributed by atoms with Gasteiger partial charge in [0.25, 0.3) is 0 Å². The molecule has 0 spiro atoms. The molecule has 0 bridgehead atoms. The van der Waals surface area contributed by atoms with Crippen molar-refractivity contribution in [3.05, 3.63) is 17.0 Å². The molecule has 0 saturated carbocycles. The van der Waals surface area contributed by atoms with Crippen molar-refractivity contribution in [1.29, 1.82) is 0 Å². The van der Waals surface area contributed by atoms with E-state index in [2.05, 4.69) is 15.3 Å². The van der Waals surface area contributed by atoms with Crippen LogP contribution in [0.25, 0.3) is 0 Å². The number of nitrogens with one attached hydrogen (secondary N) is 1. The van der Waals surface area contributed by atoms with E-state index in [9.17, 15) is 4.79 Å². The first-order valence-electron chi connectivity index (χ1n) is 4.40. The molecular formula is C9H12ClN3OS. The molecule has 0 aliphatic heterocycles. The molecule has 1 rings (SSSR count). The Kier molecular flexibility index (Phi) is 4.84. The van der Waals surface area contributed by atoms with Gasteiger partial charge in [0.2, 0.25) is 0 Å². The number of hydrogen-bond donors (Lipinski definition) is 1. The van der Waals surface area contributed by atoms with Gasteiger partial charge in [0, 0.05) is 11.8 Å². The van der Waals surface area contributed by atoms with E-state index in [1.54, 1.807) is 11.8 Å². The molecule has 0 radical (unpaired) electrons. The maximum atomic E-state index is 10.8. The second-order valence-corrected chi connectivity index (χ2v) is 4.31. The third kappa shape index (κ3) is 3.35. The van der Waals surface area contributed by atoms with E-state index in [-0.39, 0.29) is 11.2 Å². The lowest BCUT2D eigenvalue weighted by molar-refractivity contribution is 0.112. The van der Waals surface area contributed by atoms with Crippen molar-refractivity contribution in [2.24, 2.45) is 0 Å². The summed E-state index contributed by atoms with van der Waals surface area (Å²) in [5.74, 6) is 1.42. The average Bonchev–Trinajstić information content (AvgIpc) is 2.18. The highest BCUT2D eigenvalue weighted by molar-refractivity contribution is 7.98. The molecule has 1 atom stereocenters. The summed E-state index contributed by atoms with van der Waals surface area (Å²) in [5.41, 5.74) is 0.312. The fraction of sp³-hybridized carbons (Fsp3) is 0.444. The molecule has 0 saturated heterocycles. The van der Waals surface area contributed by atoms with Crippen LogP contribution in [0.3, 0.4) is 0 Å². The van der Waals surface area contributed by atoms with Gasteiger partial charge in [-0.2, -0.15) is 11.8 Å². The van der Waals surface area contributed by atoms with Gasteiger partial charge in [0.1, 0.15) is 17.3 Å². The molecule has 0 aromatic carbocycles. The van der Waals surface area contributed by atoms with Gasteiger partial charge in [0.05, 0.1) is 5.56 Å². The second-order valence-electron chi connectivity index (χ2n) is 3.05. The van der Waals surface area contributed by atoms with Crippen molar-refractivity contribution >= 4 is 35.5 Å². The number of aromatic nitrogens is 2. The van der Waals surface area contributed by atoms with Gasteiger partial charge < -0.3 is 5.32 Å². The third-order valence-corrected chi connectivity index (χ3v) is 2.89. The maximum absolute atomic E-state index is 10.8. The highest BCUT2D eigenvalue weighted by Crippen LogP contribution is 2.18. The largest absolute Gasteiger partial charge is 0.366 e. The molecule has 82 valence electrons. The first kappa shape index (κ1) is 12.3. The van der Waals surface area contributed by atoms with Gasteiger partial charge in [0.15, 0.2) is 6.29 Å². The number of nitrogens with zero attached hydrogens (tertiary/aromatic N) is 2. The summed E-state index contributed by atoms with van der Waals surface area (Å²) < 4.78 is 0. The van der Waals surface area contributed by atoms with Crippen LogP contribution < -0.4 is 5.32 Å². The van der Waals surface area contributed by atoms with Crippen molar-refractivity contribution in [3.63, 3.8) is 0 Å². The van der Waals surface area contributed by atoms with Crippen LogP contribution >= 0.6 is 23.4 Å². The third-order valence-electron chi connectivity index (χ3n) is 1.75. The molecule has 0 amide bonds. The van der Waals surface area contributed by atoms with E-state index in [0.717, 1.165) is 5.75 Å². The monoisotopic (exact) mass is 245 g/mol. The quantitative estimate of drug-likeness (QED) is 0.636. The van der Waals surface area contributed by atoms with Crippen LogP contribution in [-0.2, 0) is 0 Å². The molecule has 4 nitrogen and oxygen atoms in total. The van der Waals surface area contributed by atoms with Crippen molar-refractivity contribution in [1.82, 2.24) is 9.97 Å². The lowest BCUT2D eigenvalue weighted by Gasteiger charge is -2.14. The van der Waals surface area contributed by atoms with Crippen LogP contribution in [-0.4, -0.2) is 34.3 Å². The van der Waals surface area contributed by atoms with Crippen LogP contribution in [0.5, 0.6) is 0 Å². The maximum Gasteiger partial charge on any atom is 0.156 e. The zero-order valence-corrected chi connectivity index (χ0v) is 10.1. The van der Waals surface area contributed by atoms with Gasteiger partial charge >= 0.3 is 0 Å². The van der Waals surface area contributed by atoms with E-state index < -0.39 is 0 Å². The minimum absolute atomic E-state index is 0.179. The summed E-state index contributed by atoms with van der Waals surface area (Å²) >= 11 is 7.48. The number of carbonyl (C=O) groups excluding carboxylic acids is 1. The Bertz CT molecular complexity index is 348. The SMILES string of the molecule is CSCC(C)Nc1ncnc(Cl)c1C=O. The summed E-state index contributed by atoms with van der Waals surface area (Å²) in [7, 11) is 0. The van der Waals surface area contributed by atoms with Gasteiger partial charge in [-0.1, -0.05) is 11.6 Å². The van der Waals surface area contributed by atoms with Crippen LogP contribution in [0.15, 0.2) is 6.33 Å². The van der Waals surface area contributed by atoms with Crippen molar-refractivity contribution in [3.8, 4) is 0 Å². The number of aldehydes is 1. The van der Waals surface area contributed by atoms with E-state index in [0.29, 0.717) is 17.7 Å².